The summed E-state index contributed by atoms with van der Waals surface area (Å²) in [6.45, 7) is 4.04. The fraction of sp³-hybridized carbons (Fsp3) is 0.0714. The first kappa shape index (κ1) is 15.3. The zero-order valence-corrected chi connectivity index (χ0v) is 12.0. The van der Waals surface area contributed by atoms with Gasteiger partial charge in [-0.05, 0) is 36.5 Å². The molecule has 0 fully saturated rings. The molecule has 0 saturated heterocycles. The number of hydrogen-bond donors (Lipinski definition) is 3. The van der Waals surface area contributed by atoms with Gasteiger partial charge in [0.2, 0.25) is 0 Å². The van der Waals surface area contributed by atoms with Crippen LogP contribution in [0.25, 0.3) is 0 Å². The number of rotatable bonds is 5. The van der Waals surface area contributed by atoms with Gasteiger partial charge in [0.25, 0.3) is 0 Å². The van der Waals surface area contributed by atoms with E-state index in [0.29, 0.717) is 22.4 Å². The molecule has 0 aliphatic carbocycles. The first-order valence-electron chi connectivity index (χ1n) is 5.66. The van der Waals surface area contributed by atoms with Crippen molar-refractivity contribution in [2.75, 3.05) is 11.9 Å². The molecule has 0 radical (unpaired) electrons. The van der Waals surface area contributed by atoms with Crippen LogP contribution in [-0.2, 0) is 0 Å². The minimum absolute atomic E-state index is 0.466. The molecule has 5 heteroatoms. The molecule has 1 aromatic carbocycles. The summed E-state index contributed by atoms with van der Waals surface area (Å²) in [4.78, 5) is 0. The quantitative estimate of drug-likeness (QED) is 0.576. The highest BCUT2D eigenvalue weighted by Gasteiger charge is 1.98. The second kappa shape index (κ2) is 8.34. The Morgan fingerprint density at radius 1 is 1.42 bits per heavy atom. The van der Waals surface area contributed by atoms with Gasteiger partial charge in [-0.25, -0.2) is 0 Å². The zero-order chi connectivity index (χ0) is 14.1. The van der Waals surface area contributed by atoms with Gasteiger partial charge < -0.3 is 16.4 Å². The lowest BCUT2D eigenvalue weighted by atomic mass is 10.3. The summed E-state index contributed by atoms with van der Waals surface area (Å²) < 4.78 is 0. The lowest BCUT2D eigenvalue weighted by molar-refractivity contribution is 0.978. The van der Waals surface area contributed by atoms with E-state index in [1.165, 1.54) is 0 Å². The summed E-state index contributed by atoms with van der Waals surface area (Å²) in [5.74, 6) is 0. The molecule has 0 aliphatic heterocycles. The van der Waals surface area contributed by atoms with Gasteiger partial charge in [0.05, 0.1) is 6.54 Å². The third-order valence-corrected chi connectivity index (χ3v) is 2.57. The third-order valence-electron chi connectivity index (χ3n) is 2.09. The fourth-order valence-corrected chi connectivity index (χ4v) is 1.62. The lowest BCUT2D eigenvalue weighted by Gasteiger charge is -2.10. The van der Waals surface area contributed by atoms with Crippen molar-refractivity contribution in [2.24, 2.45) is 5.73 Å². The van der Waals surface area contributed by atoms with Crippen molar-refractivity contribution in [3.63, 3.8) is 0 Å². The maximum Gasteiger partial charge on any atom is 0.171 e. The molecule has 0 heterocycles. The van der Waals surface area contributed by atoms with E-state index in [2.05, 4.69) is 17.2 Å². The summed E-state index contributed by atoms with van der Waals surface area (Å²) in [7, 11) is 0. The van der Waals surface area contributed by atoms with Crippen LogP contribution in [0.4, 0.5) is 5.69 Å². The molecule has 0 aliphatic rings. The van der Waals surface area contributed by atoms with Crippen LogP contribution in [0.2, 0.25) is 5.02 Å². The Morgan fingerprint density at radius 3 is 2.89 bits per heavy atom. The highest BCUT2D eigenvalue weighted by Crippen LogP contribution is 2.14. The van der Waals surface area contributed by atoms with Crippen molar-refractivity contribution in [3.8, 4) is 0 Å². The normalized spacial score (nSPS) is 11.3. The highest BCUT2D eigenvalue weighted by atomic mass is 35.5. The second-order valence-electron chi connectivity index (χ2n) is 3.68. The first-order valence-corrected chi connectivity index (χ1v) is 6.44. The second-order valence-corrected chi connectivity index (χ2v) is 4.52. The number of nitrogens with one attached hydrogen (secondary N) is 2. The van der Waals surface area contributed by atoms with Gasteiger partial charge in [-0.2, -0.15) is 0 Å². The van der Waals surface area contributed by atoms with Crippen molar-refractivity contribution in [3.05, 3.63) is 65.9 Å². The van der Waals surface area contributed by atoms with Crippen molar-refractivity contribution in [1.29, 1.82) is 0 Å². The first-order chi connectivity index (χ1) is 9.11. The smallest absolute Gasteiger partial charge is 0.171 e. The van der Waals surface area contributed by atoms with E-state index in [4.69, 9.17) is 29.6 Å². The topological polar surface area (TPSA) is 50.1 Å². The minimum Gasteiger partial charge on any atom is -0.401 e. The molecule has 100 valence electrons. The molecule has 0 amide bonds. The standard InChI is InChI=1S/C14H16ClN3S/c1-2-3-4-7-12(16)10-17-14(19)18-13-8-5-6-11(15)9-13/h2-9H,1,10,16H2,(H2,17,18,19)/b4-3-,12-7-. The molecule has 4 N–H and O–H groups in total. The SMILES string of the molecule is C=C/C=C\C=C(/N)CNC(=S)Nc1cccc(Cl)c1. The van der Waals surface area contributed by atoms with Crippen molar-refractivity contribution in [2.45, 2.75) is 0 Å². The minimum atomic E-state index is 0.466. The molecular formula is C14H16ClN3S. The molecule has 0 spiro atoms. The van der Waals surface area contributed by atoms with E-state index in [9.17, 15) is 0 Å². The van der Waals surface area contributed by atoms with Crippen LogP contribution >= 0.6 is 23.8 Å². The van der Waals surface area contributed by atoms with Crippen molar-refractivity contribution in [1.82, 2.24) is 5.32 Å². The number of allylic oxidation sites excluding steroid dienone is 4. The van der Waals surface area contributed by atoms with E-state index in [0.717, 1.165) is 5.69 Å². The van der Waals surface area contributed by atoms with Crippen LogP contribution in [0.1, 0.15) is 0 Å². The molecule has 1 aromatic rings. The molecule has 0 atom stereocenters. The van der Waals surface area contributed by atoms with Gasteiger partial charge in [0.15, 0.2) is 5.11 Å². The summed E-state index contributed by atoms with van der Waals surface area (Å²) in [5.41, 5.74) is 7.29. The van der Waals surface area contributed by atoms with E-state index in [-0.39, 0.29) is 0 Å². The van der Waals surface area contributed by atoms with Gasteiger partial charge in [0, 0.05) is 16.4 Å². The Hall–Kier alpha value is -1.78. The van der Waals surface area contributed by atoms with Gasteiger partial charge in [0.1, 0.15) is 0 Å². The number of anilines is 1. The summed E-state index contributed by atoms with van der Waals surface area (Å²) in [5, 5.41) is 7.17. The van der Waals surface area contributed by atoms with Crippen LogP contribution in [0.3, 0.4) is 0 Å². The molecule has 0 saturated carbocycles. The molecular weight excluding hydrogens is 278 g/mol. The summed E-state index contributed by atoms with van der Waals surface area (Å²) in [6.07, 6.45) is 7.09. The number of benzene rings is 1. The van der Waals surface area contributed by atoms with E-state index in [1.54, 1.807) is 30.4 Å². The summed E-state index contributed by atoms with van der Waals surface area (Å²) >= 11 is 11.0. The van der Waals surface area contributed by atoms with E-state index < -0.39 is 0 Å². The van der Waals surface area contributed by atoms with Gasteiger partial charge in [-0.1, -0.05) is 42.5 Å². The Labute approximate surface area is 123 Å². The summed E-state index contributed by atoms with van der Waals surface area (Å²) in [6, 6.07) is 7.32. The average Bonchev–Trinajstić information content (AvgIpc) is 2.37. The van der Waals surface area contributed by atoms with E-state index in [1.807, 2.05) is 18.2 Å². The molecule has 0 aromatic heterocycles. The highest BCUT2D eigenvalue weighted by molar-refractivity contribution is 7.80. The third kappa shape index (κ3) is 6.64. The van der Waals surface area contributed by atoms with Crippen molar-refractivity contribution >= 4 is 34.6 Å². The monoisotopic (exact) mass is 293 g/mol. The Kier molecular flexibility index (Phi) is 6.71. The van der Waals surface area contributed by atoms with Gasteiger partial charge in [-0.3, -0.25) is 0 Å². The van der Waals surface area contributed by atoms with Crippen LogP contribution in [0.5, 0.6) is 0 Å². The number of nitrogens with two attached hydrogens (primary N) is 1. The Bertz CT molecular complexity index is 509. The number of thiocarbonyl (C=S) groups is 1. The lowest BCUT2D eigenvalue weighted by Crippen LogP contribution is -2.31. The molecule has 0 bridgehead atoms. The average molecular weight is 294 g/mol. The Morgan fingerprint density at radius 2 is 2.21 bits per heavy atom. The molecule has 3 nitrogen and oxygen atoms in total. The van der Waals surface area contributed by atoms with Gasteiger partial charge in [-0.15, -0.1) is 0 Å². The van der Waals surface area contributed by atoms with Gasteiger partial charge >= 0.3 is 0 Å². The molecule has 1 rings (SSSR count). The van der Waals surface area contributed by atoms with Crippen LogP contribution in [-0.4, -0.2) is 11.7 Å². The predicted octanol–water partition coefficient (Wildman–Crippen LogP) is 3.21. The molecule has 0 unspecified atom stereocenters. The Balaban J connectivity index is 2.42. The molecule has 19 heavy (non-hydrogen) atoms. The maximum absolute atomic E-state index is 5.88. The van der Waals surface area contributed by atoms with Crippen LogP contribution < -0.4 is 16.4 Å². The predicted molar refractivity (Wildman–Crippen MR) is 87.3 cm³/mol. The number of hydrogen-bond acceptors (Lipinski definition) is 2. The fourth-order valence-electron chi connectivity index (χ4n) is 1.24. The maximum atomic E-state index is 5.88. The zero-order valence-electron chi connectivity index (χ0n) is 10.4. The van der Waals surface area contributed by atoms with E-state index >= 15 is 0 Å². The largest absolute Gasteiger partial charge is 0.401 e. The van der Waals surface area contributed by atoms with Crippen molar-refractivity contribution < 1.29 is 0 Å². The van der Waals surface area contributed by atoms with Crippen LogP contribution in [0, 0.1) is 0 Å². The number of halogens is 1. The van der Waals surface area contributed by atoms with Crippen LogP contribution in [0.15, 0.2) is 60.8 Å².